The topological polar surface area (TPSA) is 75.4 Å². The molecule has 0 bridgehead atoms. The Balaban J connectivity index is 2.03. The zero-order chi connectivity index (χ0) is 16.1. The highest BCUT2D eigenvalue weighted by molar-refractivity contribution is 9.10. The summed E-state index contributed by atoms with van der Waals surface area (Å²) in [5, 5.41) is 2.45. The number of nitrogens with one attached hydrogen (secondary N) is 1. The van der Waals surface area contributed by atoms with E-state index in [-0.39, 0.29) is 5.91 Å². The number of rotatable bonds is 4. The fourth-order valence-electron chi connectivity index (χ4n) is 1.99. The molecule has 0 heterocycles. The normalized spacial score (nSPS) is 10.1. The zero-order valence-corrected chi connectivity index (χ0v) is 13.6. The molecule has 0 fully saturated rings. The van der Waals surface area contributed by atoms with E-state index in [9.17, 15) is 9.59 Å². The number of anilines is 1. The molecule has 0 spiro atoms. The number of urea groups is 1. The van der Waals surface area contributed by atoms with E-state index in [0.29, 0.717) is 17.8 Å². The molecule has 0 atom stereocenters. The van der Waals surface area contributed by atoms with Gasteiger partial charge in [-0.05, 0) is 42.0 Å². The van der Waals surface area contributed by atoms with Crippen LogP contribution in [-0.4, -0.2) is 23.9 Å². The van der Waals surface area contributed by atoms with Crippen molar-refractivity contribution in [3.05, 3.63) is 64.1 Å². The molecule has 6 heteroatoms. The van der Waals surface area contributed by atoms with E-state index in [1.807, 2.05) is 24.3 Å². The van der Waals surface area contributed by atoms with Crippen molar-refractivity contribution < 1.29 is 9.59 Å². The van der Waals surface area contributed by atoms with Crippen molar-refractivity contribution in [2.45, 2.75) is 6.54 Å². The number of benzene rings is 2. The van der Waals surface area contributed by atoms with E-state index in [1.54, 1.807) is 36.2 Å². The molecule has 0 unspecified atom stereocenters. The zero-order valence-electron chi connectivity index (χ0n) is 12.0. The van der Waals surface area contributed by atoms with Crippen LogP contribution < -0.4 is 11.1 Å². The summed E-state index contributed by atoms with van der Waals surface area (Å²) in [6, 6.07) is 13.8. The van der Waals surface area contributed by atoms with E-state index in [1.165, 1.54) is 0 Å². The molecular weight excluding hydrogens is 346 g/mol. The summed E-state index contributed by atoms with van der Waals surface area (Å²) >= 11 is 3.38. The Hall–Kier alpha value is -2.34. The lowest BCUT2D eigenvalue weighted by Gasteiger charge is -2.17. The number of hydrogen-bond acceptors (Lipinski definition) is 2. The first-order valence-electron chi connectivity index (χ1n) is 6.62. The molecule has 0 saturated heterocycles. The minimum atomic E-state index is -0.633. The average Bonchev–Trinajstić information content (AvgIpc) is 2.49. The van der Waals surface area contributed by atoms with E-state index < -0.39 is 6.03 Å². The molecule has 3 amide bonds. The van der Waals surface area contributed by atoms with Crippen LogP contribution in [0, 0.1) is 0 Å². The van der Waals surface area contributed by atoms with Gasteiger partial charge in [-0.2, -0.15) is 0 Å². The average molecular weight is 362 g/mol. The Kier molecular flexibility index (Phi) is 5.16. The summed E-state index contributed by atoms with van der Waals surface area (Å²) in [5.41, 5.74) is 7.19. The molecule has 3 N–H and O–H groups in total. The van der Waals surface area contributed by atoms with Crippen LogP contribution in [0.1, 0.15) is 15.9 Å². The van der Waals surface area contributed by atoms with Gasteiger partial charge in [0.05, 0.1) is 0 Å². The van der Waals surface area contributed by atoms with Gasteiger partial charge < -0.3 is 16.0 Å². The molecule has 0 aliphatic heterocycles. The number of amides is 3. The fraction of sp³-hybridized carbons (Fsp3) is 0.125. The molecule has 0 aromatic heterocycles. The standard InChI is InChI=1S/C16H16BrN3O2/c1-20(10-11-2-6-13(17)7-3-11)15(21)12-4-8-14(9-5-12)19-16(18)22/h2-9H,10H2,1H3,(H3,18,19,22). The van der Waals surface area contributed by atoms with Crippen LogP contribution in [0.5, 0.6) is 0 Å². The lowest BCUT2D eigenvalue weighted by atomic mass is 10.1. The van der Waals surface area contributed by atoms with Crippen molar-refractivity contribution in [1.29, 1.82) is 0 Å². The van der Waals surface area contributed by atoms with Gasteiger partial charge in [-0.3, -0.25) is 4.79 Å². The molecule has 0 aliphatic rings. The van der Waals surface area contributed by atoms with Crippen molar-refractivity contribution in [3.8, 4) is 0 Å². The first kappa shape index (κ1) is 16.0. The van der Waals surface area contributed by atoms with Crippen molar-refractivity contribution in [3.63, 3.8) is 0 Å². The van der Waals surface area contributed by atoms with Gasteiger partial charge in [0.2, 0.25) is 0 Å². The molecule has 2 aromatic rings. The highest BCUT2D eigenvalue weighted by Crippen LogP contribution is 2.14. The summed E-state index contributed by atoms with van der Waals surface area (Å²) < 4.78 is 1.00. The lowest BCUT2D eigenvalue weighted by Crippen LogP contribution is -2.26. The Bertz CT molecular complexity index is 669. The molecular formula is C16H16BrN3O2. The third-order valence-electron chi connectivity index (χ3n) is 3.08. The minimum absolute atomic E-state index is 0.0893. The van der Waals surface area contributed by atoms with E-state index >= 15 is 0 Å². The Morgan fingerprint density at radius 2 is 1.68 bits per heavy atom. The van der Waals surface area contributed by atoms with Crippen LogP contribution in [-0.2, 0) is 6.54 Å². The van der Waals surface area contributed by atoms with E-state index in [4.69, 9.17) is 5.73 Å². The number of halogens is 1. The Labute approximate surface area is 137 Å². The number of nitrogens with zero attached hydrogens (tertiary/aromatic N) is 1. The van der Waals surface area contributed by atoms with Crippen molar-refractivity contribution in [1.82, 2.24) is 4.90 Å². The highest BCUT2D eigenvalue weighted by Gasteiger charge is 2.12. The van der Waals surface area contributed by atoms with Gasteiger partial charge in [-0.1, -0.05) is 28.1 Å². The smallest absolute Gasteiger partial charge is 0.316 e. The van der Waals surface area contributed by atoms with Gasteiger partial charge in [0, 0.05) is 29.3 Å². The lowest BCUT2D eigenvalue weighted by molar-refractivity contribution is 0.0785. The second kappa shape index (κ2) is 7.09. The predicted octanol–water partition coefficient (Wildman–Crippen LogP) is 3.21. The SMILES string of the molecule is CN(Cc1ccc(Br)cc1)C(=O)c1ccc(NC(N)=O)cc1. The van der Waals surface area contributed by atoms with Crippen molar-refractivity contribution >= 4 is 33.6 Å². The summed E-state index contributed by atoms with van der Waals surface area (Å²) in [6.45, 7) is 0.521. The maximum Gasteiger partial charge on any atom is 0.316 e. The number of nitrogens with two attached hydrogens (primary N) is 1. The molecule has 114 valence electrons. The highest BCUT2D eigenvalue weighted by atomic mass is 79.9. The fourth-order valence-corrected chi connectivity index (χ4v) is 2.26. The van der Waals surface area contributed by atoms with E-state index in [2.05, 4.69) is 21.2 Å². The van der Waals surface area contributed by atoms with Crippen LogP contribution in [0.4, 0.5) is 10.5 Å². The Morgan fingerprint density at radius 3 is 2.23 bits per heavy atom. The van der Waals surface area contributed by atoms with Crippen LogP contribution in [0.15, 0.2) is 53.0 Å². The second-order valence-electron chi connectivity index (χ2n) is 4.85. The number of carbonyl (C=O) groups excluding carboxylic acids is 2. The molecule has 22 heavy (non-hydrogen) atoms. The molecule has 0 saturated carbocycles. The van der Waals surface area contributed by atoms with Gasteiger partial charge in [0.1, 0.15) is 0 Å². The van der Waals surface area contributed by atoms with Crippen LogP contribution in [0.2, 0.25) is 0 Å². The van der Waals surface area contributed by atoms with Gasteiger partial charge in [0.15, 0.2) is 0 Å². The largest absolute Gasteiger partial charge is 0.351 e. The third kappa shape index (κ3) is 4.33. The summed E-state index contributed by atoms with van der Waals surface area (Å²) in [5.74, 6) is -0.0893. The quantitative estimate of drug-likeness (QED) is 0.876. The maximum absolute atomic E-state index is 12.4. The number of hydrogen-bond donors (Lipinski definition) is 2. The van der Waals surface area contributed by atoms with Crippen LogP contribution in [0.25, 0.3) is 0 Å². The molecule has 0 aliphatic carbocycles. The van der Waals surface area contributed by atoms with Gasteiger partial charge in [-0.25, -0.2) is 4.79 Å². The minimum Gasteiger partial charge on any atom is -0.351 e. The van der Waals surface area contributed by atoms with E-state index in [0.717, 1.165) is 10.0 Å². The van der Waals surface area contributed by atoms with Crippen LogP contribution >= 0.6 is 15.9 Å². The third-order valence-corrected chi connectivity index (χ3v) is 3.61. The van der Waals surface area contributed by atoms with Crippen molar-refractivity contribution in [2.24, 2.45) is 5.73 Å². The molecule has 2 aromatic carbocycles. The maximum atomic E-state index is 12.4. The first-order valence-corrected chi connectivity index (χ1v) is 7.41. The summed E-state index contributed by atoms with van der Waals surface area (Å²) in [7, 11) is 1.75. The summed E-state index contributed by atoms with van der Waals surface area (Å²) in [4.78, 5) is 24.7. The van der Waals surface area contributed by atoms with Gasteiger partial charge in [0.25, 0.3) is 5.91 Å². The molecule has 5 nitrogen and oxygen atoms in total. The predicted molar refractivity (Wildman–Crippen MR) is 89.6 cm³/mol. The Morgan fingerprint density at radius 1 is 1.09 bits per heavy atom. The van der Waals surface area contributed by atoms with Gasteiger partial charge in [-0.15, -0.1) is 0 Å². The molecule has 2 rings (SSSR count). The number of carbonyl (C=O) groups is 2. The monoisotopic (exact) mass is 361 g/mol. The van der Waals surface area contributed by atoms with Crippen molar-refractivity contribution in [2.75, 3.05) is 12.4 Å². The second-order valence-corrected chi connectivity index (χ2v) is 5.77. The number of primary amides is 1. The van der Waals surface area contributed by atoms with Gasteiger partial charge >= 0.3 is 6.03 Å². The molecule has 0 radical (unpaired) electrons. The van der Waals surface area contributed by atoms with Crippen LogP contribution in [0.3, 0.4) is 0 Å². The first-order chi connectivity index (χ1) is 10.5. The summed E-state index contributed by atoms with van der Waals surface area (Å²) in [6.07, 6.45) is 0.